The number of hydrogen-bond acceptors (Lipinski definition) is 5. The number of anilines is 2. The van der Waals surface area contributed by atoms with E-state index in [-0.39, 0.29) is 5.78 Å². The van der Waals surface area contributed by atoms with Crippen molar-refractivity contribution in [3.05, 3.63) is 41.8 Å². The number of nitrogen functional groups attached to an aromatic ring is 1. The van der Waals surface area contributed by atoms with Gasteiger partial charge in [-0.25, -0.2) is 0 Å². The number of hydrogen-bond donors (Lipinski definition) is 2. The number of nitrogens with two attached hydrogens (primary N) is 1. The molecule has 17 heavy (non-hydrogen) atoms. The summed E-state index contributed by atoms with van der Waals surface area (Å²) in [7, 11) is 0. The van der Waals surface area contributed by atoms with Crippen molar-refractivity contribution < 1.29 is 9.32 Å². The summed E-state index contributed by atoms with van der Waals surface area (Å²) < 4.78 is 4.72. The Bertz CT molecular complexity index is 521. The molecule has 0 saturated heterocycles. The van der Waals surface area contributed by atoms with Crippen LogP contribution >= 0.6 is 0 Å². The van der Waals surface area contributed by atoms with Crippen molar-refractivity contribution in [3.63, 3.8) is 0 Å². The van der Waals surface area contributed by atoms with Crippen LogP contribution < -0.4 is 11.1 Å². The van der Waals surface area contributed by atoms with Gasteiger partial charge in [0.25, 0.3) is 0 Å². The van der Waals surface area contributed by atoms with Crippen molar-refractivity contribution in [2.45, 2.75) is 13.5 Å². The van der Waals surface area contributed by atoms with Crippen molar-refractivity contribution in [1.82, 2.24) is 5.16 Å². The third-order valence-electron chi connectivity index (χ3n) is 2.40. The molecular weight excluding hydrogens is 218 g/mol. The molecule has 2 rings (SSSR count). The molecule has 0 aliphatic rings. The monoisotopic (exact) mass is 231 g/mol. The van der Waals surface area contributed by atoms with E-state index >= 15 is 0 Å². The maximum Gasteiger partial charge on any atom is 0.161 e. The topological polar surface area (TPSA) is 81.2 Å². The minimum atomic E-state index is -0.0365. The van der Waals surface area contributed by atoms with E-state index in [2.05, 4.69) is 10.5 Å². The molecule has 0 radical (unpaired) electrons. The average Bonchev–Trinajstić information content (AvgIpc) is 2.78. The fraction of sp³-hybridized carbons (Fsp3) is 0.167. The number of nitrogens with one attached hydrogen (secondary N) is 1. The molecule has 88 valence electrons. The first kappa shape index (κ1) is 11.2. The summed E-state index contributed by atoms with van der Waals surface area (Å²) in [6.07, 6.45) is 1.52. The Kier molecular flexibility index (Phi) is 3.09. The maximum absolute atomic E-state index is 11.2. The van der Waals surface area contributed by atoms with Gasteiger partial charge in [0.15, 0.2) is 5.78 Å². The van der Waals surface area contributed by atoms with Crippen LogP contribution in [-0.2, 0) is 6.54 Å². The molecule has 0 bridgehead atoms. The standard InChI is InChI=1S/C12H13N3O2/c1-8(16)11-3-2-9(6-12(11)13)14-7-10-4-5-17-15-10/h2-6,14H,7,13H2,1H3. The fourth-order valence-electron chi connectivity index (χ4n) is 1.51. The maximum atomic E-state index is 11.2. The Hall–Kier alpha value is -2.30. The molecule has 0 aliphatic carbocycles. The van der Waals surface area contributed by atoms with Crippen molar-refractivity contribution >= 4 is 17.2 Å². The molecule has 0 saturated carbocycles. The number of benzene rings is 1. The summed E-state index contributed by atoms with van der Waals surface area (Å²) in [6, 6.07) is 7.03. The lowest BCUT2D eigenvalue weighted by Gasteiger charge is -2.07. The lowest BCUT2D eigenvalue weighted by atomic mass is 10.1. The molecule has 0 aliphatic heterocycles. The van der Waals surface area contributed by atoms with Gasteiger partial charge in [0.05, 0.1) is 6.54 Å². The molecule has 0 unspecified atom stereocenters. The third kappa shape index (κ3) is 2.63. The normalized spacial score (nSPS) is 10.2. The summed E-state index contributed by atoms with van der Waals surface area (Å²) in [5.41, 5.74) is 8.44. The number of aromatic nitrogens is 1. The van der Waals surface area contributed by atoms with Gasteiger partial charge >= 0.3 is 0 Å². The number of ketones is 1. The number of carbonyl (C=O) groups excluding carboxylic acids is 1. The fourth-order valence-corrected chi connectivity index (χ4v) is 1.51. The van der Waals surface area contributed by atoms with Crippen LogP contribution in [0.4, 0.5) is 11.4 Å². The highest BCUT2D eigenvalue weighted by Gasteiger charge is 2.05. The Balaban J connectivity index is 2.07. The summed E-state index contributed by atoms with van der Waals surface area (Å²) in [4.78, 5) is 11.2. The van der Waals surface area contributed by atoms with Crippen molar-refractivity contribution in [2.24, 2.45) is 0 Å². The largest absolute Gasteiger partial charge is 0.398 e. The molecule has 5 nitrogen and oxygen atoms in total. The van der Waals surface area contributed by atoms with Gasteiger partial charge in [-0.2, -0.15) is 0 Å². The third-order valence-corrected chi connectivity index (χ3v) is 2.40. The Morgan fingerprint density at radius 3 is 2.88 bits per heavy atom. The van der Waals surface area contributed by atoms with Gasteiger partial charge < -0.3 is 15.6 Å². The van der Waals surface area contributed by atoms with E-state index in [1.165, 1.54) is 13.2 Å². The smallest absolute Gasteiger partial charge is 0.161 e. The summed E-state index contributed by atoms with van der Waals surface area (Å²) in [5.74, 6) is -0.0365. The number of nitrogens with zero attached hydrogens (tertiary/aromatic N) is 1. The van der Waals surface area contributed by atoms with Crippen LogP contribution in [0, 0.1) is 0 Å². The van der Waals surface area contributed by atoms with E-state index in [4.69, 9.17) is 10.3 Å². The van der Waals surface area contributed by atoms with Gasteiger partial charge in [0.2, 0.25) is 0 Å². The van der Waals surface area contributed by atoms with E-state index in [1.54, 1.807) is 18.2 Å². The molecule has 0 atom stereocenters. The first-order valence-corrected chi connectivity index (χ1v) is 5.20. The van der Waals surface area contributed by atoms with Crippen LogP contribution in [0.25, 0.3) is 0 Å². The molecule has 1 aromatic heterocycles. The highest BCUT2D eigenvalue weighted by Crippen LogP contribution is 2.18. The first-order chi connectivity index (χ1) is 8.16. The van der Waals surface area contributed by atoms with Crippen LogP contribution in [0.1, 0.15) is 23.0 Å². The van der Waals surface area contributed by atoms with E-state index in [0.29, 0.717) is 17.8 Å². The van der Waals surface area contributed by atoms with Gasteiger partial charge in [-0.1, -0.05) is 5.16 Å². The zero-order valence-electron chi connectivity index (χ0n) is 9.43. The lowest BCUT2D eigenvalue weighted by molar-refractivity contribution is 0.101. The van der Waals surface area contributed by atoms with Crippen LogP contribution in [-0.4, -0.2) is 10.9 Å². The second-order valence-electron chi connectivity index (χ2n) is 3.70. The van der Waals surface area contributed by atoms with Gasteiger partial charge in [-0.15, -0.1) is 0 Å². The van der Waals surface area contributed by atoms with E-state index in [1.807, 2.05) is 6.07 Å². The molecule has 5 heteroatoms. The van der Waals surface area contributed by atoms with Gasteiger partial charge in [0, 0.05) is 23.0 Å². The van der Waals surface area contributed by atoms with Crippen LogP contribution in [0.3, 0.4) is 0 Å². The molecule has 0 fully saturated rings. The van der Waals surface area contributed by atoms with Gasteiger partial charge in [-0.05, 0) is 25.1 Å². The first-order valence-electron chi connectivity index (χ1n) is 5.20. The summed E-state index contributed by atoms with van der Waals surface area (Å²) in [6.45, 7) is 2.05. The van der Waals surface area contributed by atoms with E-state index in [0.717, 1.165) is 11.4 Å². The predicted octanol–water partition coefficient (Wildman–Crippen LogP) is 2.07. The second kappa shape index (κ2) is 4.69. The quantitative estimate of drug-likeness (QED) is 0.621. The zero-order chi connectivity index (χ0) is 12.3. The Morgan fingerprint density at radius 1 is 1.47 bits per heavy atom. The molecule has 2 aromatic rings. The van der Waals surface area contributed by atoms with Crippen LogP contribution in [0.15, 0.2) is 35.1 Å². The minimum absolute atomic E-state index is 0.0365. The molecule has 1 aromatic carbocycles. The number of rotatable bonds is 4. The van der Waals surface area contributed by atoms with Crippen LogP contribution in [0.2, 0.25) is 0 Å². The van der Waals surface area contributed by atoms with Gasteiger partial charge in [0.1, 0.15) is 12.0 Å². The summed E-state index contributed by atoms with van der Waals surface area (Å²) >= 11 is 0. The highest BCUT2D eigenvalue weighted by atomic mass is 16.5. The molecule has 0 amide bonds. The number of Topliss-reactive ketones (excluding diaryl/α,β-unsaturated/α-hetero) is 1. The Labute approximate surface area is 98.6 Å². The molecular formula is C12H13N3O2. The predicted molar refractivity (Wildman–Crippen MR) is 64.7 cm³/mol. The van der Waals surface area contributed by atoms with E-state index < -0.39 is 0 Å². The highest BCUT2D eigenvalue weighted by molar-refractivity contribution is 5.99. The summed E-state index contributed by atoms with van der Waals surface area (Å²) in [5, 5.41) is 6.92. The molecule has 1 heterocycles. The van der Waals surface area contributed by atoms with Gasteiger partial charge in [-0.3, -0.25) is 4.79 Å². The van der Waals surface area contributed by atoms with Crippen LogP contribution in [0.5, 0.6) is 0 Å². The van der Waals surface area contributed by atoms with E-state index in [9.17, 15) is 4.79 Å². The number of carbonyl (C=O) groups is 1. The zero-order valence-corrected chi connectivity index (χ0v) is 9.43. The minimum Gasteiger partial charge on any atom is -0.398 e. The molecule has 0 spiro atoms. The Morgan fingerprint density at radius 2 is 2.29 bits per heavy atom. The van der Waals surface area contributed by atoms with Crippen molar-refractivity contribution in [1.29, 1.82) is 0 Å². The average molecular weight is 231 g/mol. The van der Waals surface area contributed by atoms with Crippen molar-refractivity contribution in [2.75, 3.05) is 11.1 Å². The van der Waals surface area contributed by atoms with Crippen molar-refractivity contribution in [3.8, 4) is 0 Å². The second-order valence-corrected chi connectivity index (χ2v) is 3.70. The molecule has 3 N–H and O–H groups in total. The SMILES string of the molecule is CC(=O)c1ccc(NCc2ccon2)cc1N. The lowest BCUT2D eigenvalue weighted by Crippen LogP contribution is -2.03.